The van der Waals surface area contributed by atoms with Crippen LogP contribution < -0.4 is 5.32 Å². The molecule has 3 rings (SSSR count). The van der Waals surface area contributed by atoms with Crippen molar-refractivity contribution < 1.29 is 0 Å². The lowest BCUT2D eigenvalue weighted by atomic mass is 10.1. The Morgan fingerprint density at radius 1 is 1.29 bits per heavy atom. The molecule has 2 nitrogen and oxygen atoms in total. The highest BCUT2D eigenvalue weighted by Crippen LogP contribution is 2.32. The van der Waals surface area contributed by atoms with E-state index in [1.165, 1.54) is 48.1 Å². The molecule has 0 saturated carbocycles. The van der Waals surface area contributed by atoms with E-state index in [4.69, 9.17) is 0 Å². The summed E-state index contributed by atoms with van der Waals surface area (Å²) in [5.74, 6) is 0. The number of anilines is 1. The Balaban J connectivity index is 1.76. The Morgan fingerprint density at radius 3 is 3.06 bits per heavy atom. The molecule has 3 heteroatoms. The fraction of sp³-hybridized carbons (Fsp3) is 0.571. The van der Waals surface area contributed by atoms with Gasteiger partial charge in [0.05, 0.1) is 0 Å². The van der Waals surface area contributed by atoms with Gasteiger partial charge in [-0.25, -0.2) is 0 Å². The van der Waals surface area contributed by atoms with Gasteiger partial charge in [-0.3, -0.25) is 4.90 Å². The van der Waals surface area contributed by atoms with E-state index in [0.29, 0.717) is 6.04 Å². The van der Waals surface area contributed by atoms with E-state index in [2.05, 4.69) is 51.3 Å². The maximum Gasteiger partial charge on any atom is 0.0489 e. The van der Waals surface area contributed by atoms with Crippen molar-refractivity contribution in [3.8, 4) is 0 Å². The second-order valence-electron chi connectivity index (χ2n) is 5.27. The standard InChI is InChI=1S/C14H19BrN2/c1-10-4-5-11(15)13(9-10)16-12-6-8-17-7-2-3-14(12)17/h4-5,9,12,14,16H,2-3,6-8H2,1H3. The summed E-state index contributed by atoms with van der Waals surface area (Å²) >= 11 is 3.63. The number of hydrogen-bond acceptors (Lipinski definition) is 2. The molecular formula is C14H19BrN2. The smallest absolute Gasteiger partial charge is 0.0489 e. The van der Waals surface area contributed by atoms with Crippen molar-refractivity contribution in [2.75, 3.05) is 18.4 Å². The van der Waals surface area contributed by atoms with Crippen LogP contribution in [0.5, 0.6) is 0 Å². The molecule has 92 valence electrons. The van der Waals surface area contributed by atoms with Gasteiger partial charge in [0.15, 0.2) is 0 Å². The zero-order valence-electron chi connectivity index (χ0n) is 10.2. The average molecular weight is 295 g/mol. The molecule has 2 heterocycles. The fourth-order valence-electron chi connectivity index (χ4n) is 3.20. The van der Waals surface area contributed by atoms with Gasteiger partial charge in [-0.2, -0.15) is 0 Å². The third-order valence-corrected chi connectivity index (χ3v) is 4.76. The number of hydrogen-bond donors (Lipinski definition) is 1. The molecule has 0 amide bonds. The molecule has 2 aliphatic rings. The molecule has 1 N–H and O–H groups in total. The number of nitrogens with zero attached hydrogens (tertiary/aromatic N) is 1. The van der Waals surface area contributed by atoms with Gasteiger partial charge >= 0.3 is 0 Å². The highest BCUT2D eigenvalue weighted by atomic mass is 79.9. The molecule has 0 spiro atoms. The molecule has 2 aliphatic heterocycles. The van der Waals surface area contributed by atoms with Crippen molar-refractivity contribution in [1.29, 1.82) is 0 Å². The second kappa shape index (κ2) is 4.62. The zero-order valence-corrected chi connectivity index (χ0v) is 11.8. The molecule has 2 atom stereocenters. The van der Waals surface area contributed by atoms with Crippen molar-refractivity contribution in [2.24, 2.45) is 0 Å². The van der Waals surface area contributed by atoms with Gasteiger partial charge in [0.1, 0.15) is 0 Å². The van der Waals surface area contributed by atoms with Crippen LogP contribution in [0.3, 0.4) is 0 Å². The van der Waals surface area contributed by atoms with Crippen molar-refractivity contribution in [2.45, 2.75) is 38.3 Å². The molecule has 1 aromatic carbocycles. The maximum atomic E-state index is 3.73. The summed E-state index contributed by atoms with van der Waals surface area (Å²) in [6, 6.07) is 7.92. The van der Waals surface area contributed by atoms with Crippen LogP contribution >= 0.6 is 15.9 Å². The zero-order chi connectivity index (χ0) is 11.8. The van der Waals surface area contributed by atoms with E-state index in [0.717, 1.165) is 6.04 Å². The number of nitrogens with one attached hydrogen (secondary N) is 1. The molecule has 2 unspecified atom stereocenters. The van der Waals surface area contributed by atoms with E-state index in [9.17, 15) is 0 Å². The maximum absolute atomic E-state index is 3.73. The summed E-state index contributed by atoms with van der Waals surface area (Å²) in [6.45, 7) is 4.72. The van der Waals surface area contributed by atoms with Crippen molar-refractivity contribution in [3.63, 3.8) is 0 Å². The lowest BCUT2D eigenvalue weighted by Gasteiger charge is -2.23. The van der Waals surface area contributed by atoms with Gasteiger partial charge in [0, 0.05) is 28.8 Å². The van der Waals surface area contributed by atoms with Crippen LogP contribution in [0.4, 0.5) is 5.69 Å². The number of fused-ring (bicyclic) bond motifs is 1. The first-order chi connectivity index (χ1) is 8.24. The first-order valence-electron chi connectivity index (χ1n) is 6.51. The summed E-state index contributed by atoms with van der Waals surface area (Å²) < 4.78 is 1.18. The van der Waals surface area contributed by atoms with Crippen LogP contribution in [0, 0.1) is 6.92 Å². The lowest BCUT2D eigenvalue weighted by Crippen LogP contribution is -2.33. The minimum absolute atomic E-state index is 0.635. The van der Waals surface area contributed by atoms with Crippen LogP contribution in [0.15, 0.2) is 22.7 Å². The van der Waals surface area contributed by atoms with Gasteiger partial charge < -0.3 is 5.32 Å². The second-order valence-corrected chi connectivity index (χ2v) is 6.12. The Kier molecular flexibility index (Phi) is 3.14. The molecule has 17 heavy (non-hydrogen) atoms. The Labute approximate surface area is 112 Å². The van der Waals surface area contributed by atoms with Crippen molar-refractivity contribution in [1.82, 2.24) is 4.90 Å². The van der Waals surface area contributed by atoms with Crippen LogP contribution in [0.25, 0.3) is 0 Å². The Hall–Kier alpha value is -0.540. The van der Waals surface area contributed by atoms with E-state index >= 15 is 0 Å². The predicted molar refractivity (Wildman–Crippen MR) is 75.5 cm³/mol. The quantitative estimate of drug-likeness (QED) is 0.899. The third kappa shape index (κ3) is 2.23. The molecule has 0 bridgehead atoms. The molecule has 0 aromatic heterocycles. The van der Waals surface area contributed by atoms with Crippen LogP contribution in [0.2, 0.25) is 0 Å². The van der Waals surface area contributed by atoms with Crippen LogP contribution in [-0.4, -0.2) is 30.1 Å². The minimum atomic E-state index is 0.635. The summed E-state index contributed by atoms with van der Waals surface area (Å²) in [7, 11) is 0. The highest BCUT2D eigenvalue weighted by molar-refractivity contribution is 9.10. The first-order valence-corrected chi connectivity index (χ1v) is 7.30. The number of halogens is 1. The number of aryl methyl sites for hydroxylation is 1. The molecule has 2 fully saturated rings. The Bertz CT molecular complexity index is 419. The topological polar surface area (TPSA) is 15.3 Å². The van der Waals surface area contributed by atoms with Crippen LogP contribution in [-0.2, 0) is 0 Å². The van der Waals surface area contributed by atoms with Gasteiger partial charge in [-0.15, -0.1) is 0 Å². The Morgan fingerprint density at radius 2 is 2.18 bits per heavy atom. The average Bonchev–Trinajstić information content (AvgIpc) is 2.88. The van der Waals surface area contributed by atoms with Gasteiger partial charge in [-0.1, -0.05) is 6.07 Å². The highest BCUT2D eigenvalue weighted by Gasteiger charge is 2.37. The molecular weight excluding hydrogens is 276 g/mol. The molecule has 1 aromatic rings. The molecule has 0 aliphatic carbocycles. The number of benzene rings is 1. The SMILES string of the molecule is Cc1ccc(Br)c(NC2CCN3CCCC23)c1. The van der Waals surface area contributed by atoms with E-state index in [-0.39, 0.29) is 0 Å². The third-order valence-electron chi connectivity index (χ3n) is 4.07. The summed E-state index contributed by atoms with van der Waals surface area (Å²) in [4.78, 5) is 2.64. The summed E-state index contributed by atoms with van der Waals surface area (Å²) in [6.07, 6.45) is 4.02. The van der Waals surface area contributed by atoms with Crippen molar-refractivity contribution >= 4 is 21.6 Å². The largest absolute Gasteiger partial charge is 0.380 e. The lowest BCUT2D eigenvalue weighted by molar-refractivity contribution is 0.318. The van der Waals surface area contributed by atoms with Gasteiger partial charge in [0.25, 0.3) is 0 Å². The predicted octanol–water partition coefficient (Wildman–Crippen LogP) is 3.41. The minimum Gasteiger partial charge on any atom is -0.380 e. The van der Waals surface area contributed by atoms with Gasteiger partial charge in [0.2, 0.25) is 0 Å². The molecule has 2 saturated heterocycles. The first kappa shape index (κ1) is 11.5. The van der Waals surface area contributed by atoms with Crippen molar-refractivity contribution in [3.05, 3.63) is 28.2 Å². The van der Waals surface area contributed by atoms with Crippen LogP contribution in [0.1, 0.15) is 24.8 Å². The van der Waals surface area contributed by atoms with E-state index < -0.39 is 0 Å². The number of rotatable bonds is 2. The summed E-state index contributed by atoms with van der Waals surface area (Å²) in [5.41, 5.74) is 2.57. The monoisotopic (exact) mass is 294 g/mol. The summed E-state index contributed by atoms with van der Waals surface area (Å²) in [5, 5.41) is 3.73. The van der Waals surface area contributed by atoms with Gasteiger partial charge in [-0.05, 0) is 66.4 Å². The fourth-order valence-corrected chi connectivity index (χ4v) is 3.56. The normalized spacial score (nSPS) is 28.4. The van der Waals surface area contributed by atoms with E-state index in [1.54, 1.807) is 0 Å². The van der Waals surface area contributed by atoms with E-state index in [1.807, 2.05) is 0 Å². The molecule has 0 radical (unpaired) electrons.